The largest absolute Gasteiger partial charge is 0.480 e. The predicted molar refractivity (Wildman–Crippen MR) is 81.5 cm³/mol. The van der Waals surface area contributed by atoms with Crippen LogP contribution in [0.5, 0.6) is 0 Å². The number of nitrogens with one attached hydrogen (secondary N) is 1. The van der Waals surface area contributed by atoms with Crippen molar-refractivity contribution < 1.29 is 23.9 Å². The molecule has 1 fully saturated rings. The average molecular weight is 322 g/mol. The van der Waals surface area contributed by atoms with Gasteiger partial charge in [0, 0.05) is 18.7 Å². The van der Waals surface area contributed by atoms with Gasteiger partial charge in [-0.25, -0.2) is 9.18 Å². The number of halogens is 1. The summed E-state index contributed by atoms with van der Waals surface area (Å²) >= 11 is 0. The molecular weight excluding hydrogens is 303 g/mol. The number of amides is 2. The maximum absolute atomic E-state index is 13.3. The zero-order valence-corrected chi connectivity index (χ0v) is 13.0. The van der Waals surface area contributed by atoms with Crippen molar-refractivity contribution in [1.82, 2.24) is 5.32 Å². The summed E-state index contributed by atoms with van der Waals surface area (Å²) in [6.45, 7) is 3.42. The molecule has 23 heavy (non-hydrogen) atoms. The number of nitrogens with zero attached hydrogens (tertiary/aromatic N) is 1. The van der Waals surface area contributed by atoms with E-state index in [2.05, 4.69) is 5.32 Å². The van der Waals surface area contributed by atoms with Gasteiger partial charge in [-0.3, -0.25) is 9.59 Å². The highest BCUT2D eigenvalue weighted by molar-refractivity contribution is 6.00. The first-order chi connectivity index (χ1) is 10.8. The SMILES string of the molecule is CCC(NC(=O)C1CC(=O)N(c2ccc(F)c(C)c2)C1)C(=O)O. The third-order valence-corrected chi connectivity index (χ3v) is 3.97. The average Bonchev–Trinajstić information content (AvgIpc) is 2.89. The standard InChI is InChI=1S/C16H19FN2O4/c1-3-13(16(22)23)18-15(21)10-7-14(20)19(8-10)11-4-5-12(17)9(2)6-11/h4-6,10,13H,3,7-8H2,1-2H3,(H,18,21)(H,22,23). The van der Waals surface area contributed by atoms with Crippen LogP contribution in [-0.4, -0.2) is 35.5 Å². The lowest BCUT2D eigenvalue weighted by atomic mass is 10.1. The molecule has 2 amide bonds. The van der Waals surface area contributed by atoms with Crippen LogP contribution in [0.25, 0.3) is 0 Å². The fourth-order valence-electron chi connectivity index (χ4n) is 2.56. The van der Waals surface area contributed by atoms with Crippen molar-refractivity contribution in [2.45, 2.75) is 32.7 Å². The molecule has 0 aromatic heterocycles. The highest BCUT2D eigenvalue weighted by Crippen LogP contribution is 2.26. The first kappa shape index (κ1) is 16.9. The summed E-state index contributed by atoms with van der Waals surface area (Å²) in [6.07, 6.45) is 0.279. The van der Waals surface area contributed by atoms with Gasteiger partial charge < -0.3 is 15.3 Å². The molecule has 2 atom stereocenters. The summed E-state index contributed by atoms with van der Waals surface area (Å²) in [6, 6.07) is 3.37. The van der Waals surface area contributed by atoms with Gasteiger partial charge in [0.25, 0.3) is 0 Å². The van der Waals surface area contributed by atoms with Gasteiger partial charge in [-0.05, 0) is 37.1 Å². The van der Waals surface area contributed by atoms with Crippen LogP contribution in [0.2, 0.25) is 0 Å². The monoisotopic (exact) mass is 322 g/mol. The van der Waals surface area contributed by atoms with Crippen molar-refractivity contribution in [1.29, 1.82) is 0 Å². The van der Waals surface area contributed by atoms with Crippen LogP contribution >= 0.6 is 0 Å². The smallest absolute Gasteiger partial charge is 0.326 e. The second kappa shape index (κ2) is 6.76. The van der Waals surface area contributed by atoms with Crippen LogP contribution in [0, 0.1) is 18.7 Å². The van der Waals surface area contributed by atoms with Gasteiger partial charge in [-0.15, -0.1) is 0 Å². The van der Waals surface area contributed by atoms with E-state index in [1.807, 2.05) is 0 Å². The number of carboxylic acid groups (broad SMARTS) is 1. The zero-order valence-electron chi connectivity index (χ0n) is 13.0. The van der Waals surface area contributed by atoms with Crippen LogP contribution in [0.3, 0.4) is 0 Å². The Bertz CT molecular complexity index is 647. The summed E-state index contributed by atoms with van der Waals surface area (Å²) in [5, 5.41) is 11.4. The van der Waals surface area contributed by atoms with Crippen LogP contribution in [-0.2, 0) is 14.4 Å². The second-order valence-electron chi connectivity index (χ2n) is 5.65. The van der Waals surface area contributed by atoms with Gasteiger partial charge in [0.2, 0.25) is 11.8 Å². The number of carbonyl (C=O) groups excluding carboxylic acids is 2. The lowest BCUT2D eigenvalue weighted by Crippen LogP contribution is -2.43. The Labute approximate surface area is 133 Å². The Kier molecular flexibility index (Phi) is 4.98. The molecule has 2 rings (SSSR count). The summed E-state index contributed by atoms with van der Waals surface area (Å²) < 4.78 is 13.3. The third-order valence-electron chi connectivity index (χ3n) is 3.97. The van der Waals surface area contributed by atoms with Crippen LogP contribution in [0.15, 0.2) is 18.2 Å². The number of carboxylic acids is 1. The number of hydrogen-bond donors (Lipinski definition) is 2. The minimum atomic E-state index is -1.10. The quantitative estimate of drug-likeness (QED) is 0.859. The van der Waals surface area contributed by atoms with Crippen LogP contribution in [0.4, 0.5) is 10.1 Å². The molecule has 2 unspecified atom stereocenters. The fourth-order valence-corrected chi connectivity index (χ4v) is 2.56. The molecule has 1 aromatic rings. The van der Waals surface area contributed by atoms with Crippen LogP contribution in [0.1, 0.15) is 25.3 Å². The normalized spacial score (nSPS) is 18.8. The Hall–Kier alpha value is -2.44. The van der Waals surface area contributed by atoms with E-state index >= 15 is 0 Å². The van der Waals surface area contributed by atoms with Crippen molar-refractivity contribution in [3.63, 3.8) is 0 Å². The highest BCUT2D eigenvalue weighted by Gasteiger charge is 2.36. The number of benzene rings is 1. The number of anilines is 1. The first-order valence-electron chi connectivity index (χ1n) is 7.43. The summed E-state index contributed by atoms with van der Waals surface area (Å²) in [5.41, 5.74) is 0.953. The first-order valence-corrected chi connectivity index (χ1v) is 7.43. The lowest BCUT2D eigenvalue weighted by molar-refractivity contribution is -0.142. The number of hydrogen-bond acceptors (Lipinski definition) is 3. The molecule has 1 saturated heterocycles. The summed E-state index contributed by atoms with van der Waals surface area (Å²) in [5.74, 6) is -2.76. The predicted octanol–water partition coefficient (Wildman–Crippen LogP) is 1.47. The molecule has 7 heteroatoms. The Morgan fingerprint density at radius 1 is 1.48 bits per heavy atom. The van der Waals surface area contributed by atoms with E-state index in [-0.39, 0.29) is 31.1 Å². The molecule has 0 bridgehead atoms. The van der Waals surface area contributed by atoms with Gasteiger partial charge >= 0.3 is 5.97 Å². The molecule has 1 aliphatic rings. The lowest BCUT2D eigenvalue weighted by Gasteiger charge is -2.18. The number of carbonyl (C=O) groups is 3. The molecule has 2 N–H and O–H groups in total. The van der Waals surface area contributed by atoms with Gasteiger partial charge in [0.1, 0.15) is 11.9 Å². The van der Waals surface area contributed by atoms with Gasteiger partial charge in [0.15, 0.2) is 0 Å². The molecule has 0 spiro atoms. The van der Waals surface area contributed by atoms with Gasteiger partial charge in [-0.2, -0.15) is 0 Å². The van der Waals surface area contributed by atoms with E-state index in [9.17, 15) is 18.8 Å². The van der Waals surface area contributed by atoms with E-state index in [1.54, 1.807) is 19.9 Å². The van der Waals surface area contributed by atoms with Gasteiger partial charge in [-0.1, -0.05) is 6.92 Å². The van der Waals surface area contributed by atoms with E-state index in [0.29, 0.717) is 11.3 Å². The Morgan fingerprint density at radius 2 is 2.17 bits per heavy atom. The van der Waals surface area contributed by atoms with E-state index in [0.717, 1.165) is 0 Å². The minimum absolute atomic E-state index is 0.0122. The second-order valence-corrected chi connectivity index (χ2v) is 5.65. The molecular formula is C16H19FN2O4. The molecule has 0 aliphatic carbocycles. The Morgan fingerprint density at radius 3 is 2.74 bits per heavy atom. The van der Waals surface area contributed by atoms with Crippen molar-refractivity contribution in [3.05, 3.63) is 29.6 Å². The Balaban J connectivity index is 2.08. The molecule has 1 heterocycles. The number of rotatable bonds is 5. The van der Waals surface area contributed by atoms with Crippen molar-refractivity contribution in [2.24, 2.45) is 5.92 Å². The molecule has 0 radical (unpaired) electrons. The van der Waals surface area contributed by atoms with Crippen molar-refractivity contribution in [2.75, 3.05) is 11.4 Å². The molecule has 6 nitrogen and oxygen atoms in total. The van der Waals surface area contributed by atoms with Crippen molar-refractivity contribution >= 4 is 23.5 Å². The fraction of sp³-hybridized carbons (Fsp3) is 0.438. The highest BCUT2D eigenvalue weighted by atomic mass is 19.1. The molecule has 0 saturated carbocycles. The number of aliphatic carboxylic acids is 1. The summed E-state index contributed by atoms with van der Waals surface area (Å²) in [7, 11) is 0. The molecule has 1 aliphatic heterocycles. The number of aryl methyl sites for hydroxylation is 1. The van der Waals surface area contributed by atoms with Gasteiger partial charge in [0.05, 0.1) is 5.92 Å². The van der Waals surface area contributed by atoms with Crippen LogP contribution < -0.4 is 10.2 Å². The maximum atomic E-state index is 13.3. The van der Waals surface area contributed by atoms with E-state index in [1.165, 1.54) is 17.0 Å². The summed E-state index contributed by atoms with van der Waals surface area (Å²) in [4.78, 5) is 36.7. The topological polar surface area (TPSA) is 86.7 Å². The zero-order chi connectivity index (χ0) is 17.1. The molecule has 1 aromatic carbocycles. The molecule has 124 valence electrons. The van der Waals surface area contributed by atoms with Crippen molar-refractivity contribution in [3.8, 4) is 0 Å². The minimum Gasteiger partial charge on any atom is -0.480 e. The van der Waals surface area contributed by atoms with E-state index in [4.69, 9.17) is 5.11 Å². The third kappa shape index (κ3) is 3.67. The van der Waals surface area contributed by atoms with E-state index < -0.39 is 23.8 Å². The maximum Gasteiger partial charge on any atom is 0.326 e.